The zero-order valence-corrected chi connectivity index (χ0v) is 16.6. The number of ether oxygens (including phenoxy) is 1. The minimum atomic E-state index is -0.653. The molecule has 1 saturated heterocycles. The standard InChI is InChI=1S/C20H29N5O3/c1-3-20(2,24-9-11-28-12-10-24)14-22-19(27)16-13-17(18(21)26)25(23-16)15-7-5-4-6-8-15/h4-8,17H,3,9-14H2,1-2H3,(H2,21,26)(H,22,27)/t17-,20+/m1/s1. The van der Waals surface area contributed by atoms with E-state index in [0.29, 0.717) is 25.5 Å². The first kappa shape index (κ1) is 20.3. The molecule has 2 aliphatic heterocycles. The number of carbonyl (C=O) groups is 2. The van der Waals surface area contributed by atoms with Gasteiger partial charge in [0, 0.05) is 31.6 Å². The van der Waals surface area contributed by atoms with E-state index in [1.54, 1.807) is 0 Å². The first-order valence-corrected chi connectivity index (χ1v) is 9.76. The van der Waals surface area contributed by atoms with E-state index >= 15 is 0 Å². The van der Waals surface area contributed by atoms with Crippen LogP contribution in [-0.4, -0.2) is 66.9 Å². The Balaban J connectivity index is 1.68. The van der Waals surface area contributed by atoms with Crippen molar-refractivity contribution in [3.8, 4) is 0 Å². The predicted molar refractivity (Wildman–Crippen MR) is 108 cm³/mol. The Labute approximate surface area is 165 Å². The fourth-order valence-corrected chi connectivity index (χ4v) is 3.62. The predicted octanol–water partition coefficient (Wildman–Crippen LogP) is 0.724. The summed E-state index contributed by atoms with van der Waals surface area (Å²) in [5.74, 6) is -0.750. The number of hydrazone groups is 1. The lowest BCUT2D eigenvalue weighted by molar-refractivity contribution is -0.119. The number of hydrogen-bond acceptors (Lipinski definition) is 6. The van der Waals surface area contributed by atoms with E-state index in [0.717, 1.165) is 25.2 Å². The highest BCUT2D eigenvalue weighted by Crippen LogP contribution is 2.25. The second-order valence-corrected chi connectivity index (χ2v) is 7.48. The number of nitrogens with zero attached hydrogens (tertiary/aromatic N) is 3. The van der Waals surface area contributed by atoms with Crippen LogP contribution in [0.15, 0.2) is 35.4 Å². The molecule has 1 aromatic rings. The Hall–Kier alpha value is -2.45. The second kappa shape index (κ2) is 8.70. The van der Waals surface area contributed by atoms with E-state index in [4.69, 9.17) is 10.5 Å². The minimum Gasteiger partial charge on any atom is -0.379 e. The summed E-state index contributed by atoms with van der Waals surface area (Å²) in [6, 6.07) is 8.62. The Morgan fingerprint density at radius 1 is 1.29 bits per heavy atom. The van der Waals surface area contributed by atoms with Gasteiger partial charge in [-0.05, 0) is 25.5 Å². The molecule has 0 aromatic heterocycles. The van der Waals surface area contributed by atoms with Gasteiger partial charge >= 0.3 is 0 Å². The summed E-state index contributed by atoms with van der Waals surface area (Å²) in [5.41, 5.74) is 6.46. The average Bonchev–Trinajstić information content (AvgIpc) is 3.19. The van der Waals surface area contributed by atoms with Crippen molar-refractivity contribution in [2.75, 3.05) is 37.9 Å². The number of carbonyl (C=O) groups excluding carboxylic acids is 2. The molecule has 3 rings (SSSR count). The number of nitrogens with one attached hydrogen (secondary N) is 1. The molecule has 152 valence electrons. The number of anilines is 1. The fraction of sp³-hybridized carbons (Fsp3) is 0.550. The third-order valence-corrected chi connectivity index (χ3v) is 5.69. The summed E-state index contributed by atoms with van der Waals surface area (Å²) in [4.78, 5) is 27.0. The zero-order chi connectivity index (χ0) is 20.1. The maximum atomic E-state index is 12.8. The molecule has 28 heavy (non-hydrogen) atoms. The summed E-state index contributed by atoms with van der Waals surface area (Å²) >= 11 is 0. The quantitative estimate of drug-likeness (QED) is 0.718. The van der Waals surface area contributed by atoms with Gasteiger partial charge in [-0.3, -0.25) is 19.5 Å². The number of nitrogens with two attached hydrogens (primary N) is 1. The van der Waals surface area contributed by atoms with E-state index in [2.05, 4.69) is 29.2 Å². The van der Waals surface area contributed by atoms with E-state index in [1.807, 2.05) is 30.3 Å². The molecular formula is C20H29N5O3. The molecule has 0 aliphatic carbocycles. The molecule has 2 heterocycles. The van der Waals surface area contributed by atoms with Crippen molar-refractivity contribution in [1.29, 1.82) is 0 Å². The molecule has 1 fully saturated rings. The van der Waals surface area contributed by atoms with Gasteiger partial charge in [0.15, 0.2) is 0 Å². The topological polar surface area (TPSA) is 100 Å². The van der Waals surface area contributed by atoms with Gasteiger partial charge in [0.05, 0.1) is 18.9 Å². The first-order valence-electron chi connectivity index (χ1n) is 9.76. The van der Waals surface area contributed by atoms with Crippen LogP contribution in [0.5, 0.6) is 0 Å². The second-order valence-electron chi connectivity index (χ2n) is 7.48. The van der Waals surface area contributed by atoms with E-state index < -0.39 is 11.9 Å². The first-order chi connectivity index (χ1) is 13.4. The normalized spacial score (nSPS) is 22.4. The van der Waals surface area contributed by atoms with Crippen molar-refractivity contribution >= 4 is 23.2 Å². The number of amides is 2. The minimum absolute atomic E-state index is 0.152. The van der Waals surface area contributed by atoms with Crippen LogP contribution in [0.1, 0.15) is 26.7 Å². The van der Waals surface area contributed by atoms with E-state index in [-0.39, 0.29) is 17.9 Å². The van der Waals surface area contributed by atoms with Crippen molar-refractivity contribution < 1.29 is 14.3 Å². The van der Waals surface area contributed by atoms with Crippen LogP contribution in [0.3, 0.4) is 0 Å². The molecular weight excluding hydrogens is 358 g/mol. The van der Waals surface area contributed by atoms with Crippen LogP contribution in [0.25, 0.3) is 0 Å². The largest absolute Gasteiger partial charge is 0.379 e. The summed E-state index contributed by atoms with van der Waals surface area (Å²) in [7, 11) is 0. The van der Waals surface area contributed by atoms with Crippen LogP contribution < -0.4 is 16.1 Å². The molecule has 3 N–H and O–H groups in total. The molecule has 0 spiro atoms. The smallest absolute Gasteiger partial charge is 0.267 e. The highest BCUT2D eigenvalue weighted by molar-refractivity contribution is 6.40. The van der Waals surface area contributed by atoms with Gasteiger partial charge in [-0.1, -0.05) is 25.1 Å². The molecule has 0 unspecified atom stereocenters. The van der Waals surface area contributed by atoms with Crippen molar-refractivity contribution in [3.63, 3.8) is 0 Å². The maximum absolute atomic E-state index is 12.8. The van der Waals surface area contributed by atoms with Crippen LogP contribution in [0, 0.1) is 0 Å². The lowest BCUT2D eigenvalue weighted by Gasteiger charge is -2.43. The van der Waals surface area contributed by atoms with Gasteiger partial charge in [-0.2, -0.15) is 5.10 Å². The van der Waals surface area contributed by atoms with Gasteiger partial charge in [0.2, 0.25) is 5.91 Å². The molecule has 8 nitrogen and oxygen atoms in total. The number of para-hydroxylation sites is 1. The fourth-order valence-electron chi connectivity index (χ4n) is 3.62. The van der Waals surface area contributed by atoms with Crippen molar-refractivity contribution in [2.45, 2.75) is 38.3 Å². The van der Waals surface area contributed by atoms with Gasteiger partial charge in [-0.25, -0.2) is 0 Å². The van der Waals surface area contributed by atoms with Gasteiger partial charge in [0.1, 0.15) is 11.8 Å². The lowest BCUT2D eigenvalue weighted by Crippen LogP contribution is -2.57. The lowest BCUT2D eigenvalue weighted by atomic mass is 9.95. The molecule has 0 bridgehead atoms. The average molecular weight is 387 g/mol. The molecule has 2 amide bonds. The van der Waals surface area contributed by atoms with Gasteiger partial charge in [0.25, 0.3) is 5.91 Å². The summed E-state index contributed by atoms with van der Waals surface area (Å²) in [6.45, 7) is 7.91. The summed E-state index contributed by atoms with van der Waals surface area (Å²) in [6.07, 6.45) is 1.11. The summed E-state index contributed by atoms with van der Waals surface area (Å²) < 4.78 is 5.44. The highest BCUT2D eigenvalue weighted by atomic mass is 16.5. The molecule has 2 aliphatic rings. The third-order valence-electron chi connectivity index (χ3n) is 5.69. The zero-order valence-electron chi connectivity index (χ0n) is 16.6. The van der Waals surface area contributed by atoms with Crippen molar-refractivity contribution in [2.24, 2.45) is 10.8 Å². The highest BCUT2D eigenvalue weighted by Gasteiger charge is 2.36. The Bertz CT molecular complexity index is 733. The van der Waals surface area contributed by atoms with E-state index in [9.17, 15) is 9.59 Å². The molecule has 2 atom stereocenters. The molecule has 8 heteroatoms. The van der Waals surface area contributed by atoms with Crippen LogP contribution in [0.2, 0.25) is 0 Å². The summed E-state index contributed by atoms with van der Waals surface area (Å²) in [5, 5.41) is 8.96. The Morgan fingerprint density at radius 2 is 1.96 bits per heavy atom. The monoisotopic (exact) mass is 387 g/mol. The number of benzene rings is 1. The van der Waals surface area contributed by atoms with E-state index in [1.165, 1.54) is 5.01 Å². The molecule has 0 saturated carbocycles. The van der Waals surface area contributed by atoms with Crippen molar-refractivity contribution in [1.82, 2.24) is 10.2 Å². The molecule has 1 aromatic carbocycles. The third kappa shape index (κ3) is 4.34. The SMILES string of the molecule is CC[C@@](C)(CNC(=O)C1=NN(c2ccccc2)[C@@H](C(N)=O)C1)N1CCOCC1. The van der Waals surface area contributed by atoms with Gasteiger partial charge < -0.3 is 15.8 Å². The Kier molecular flexibility index (Phi) is 6.31. The van der Waals surface area contributed by atoms with Crippen molar-refractivity contribution in [3.05, 3.63) is 30.3 Å². The van der Waals surface area contributed by atoms with Crippen LogP contribution >= 0.6 is 0 Å². The van der Waals surface area contributed by atoms with Crippen LogP contribution in [0.4, 0.5) is 5.69 Å². The van der Waals surface area contributed by atoms with Gasteiger partial charge in [-0.15, -0.1) is 0 Å². The number of morpholine rings is 1. The molecule has 0 radical (unpaired) electrons. The maximum Gasteiger partial charge on any atom is 0.267 e. The number of primary amides is 1. The van der Waals surface area contributed by atoms with Crippen LogP contribution in [-0.2, 0) is 14.3 Å². The Morgan fingerprint density at radius 3 is 2.57 bits per heavy atom. The number of rotatable bonds is 7. The number of hydrogen-bond donors (Lipinski definition) is 2.